The third kappa shape index (κ3) is 3.83. The Kier molecular flexibility index (Phi) is 4.98. The molecule has 0 radical (unpaired) electrons. The maximum atomic E-state index is 12.5. The lowest BCUT2D eigenvalue weighted by Crippen LogP contribution is -2.43. The molecular weight excluding hydrogens is 262 g/mol. The summed E-state index contributed by atoms with van der Waals surface area (Å²) in [6, 6.07) is 9.61. The largest absolute Gasteiger partial charge is 0.339 e. The highest BCUT2D eigenvalue weighted by Crippen LogP contribution is 2.30. The fourth-order valence-electron chi connectivity index (χ4n) is 3.02. The summed E-state index contributed by atoms with van der Waals surface area (Å²) in [6.45, 7) is 3.08. The van der Waals surface area contributed by atoms with Gasteiger partial charge in [-0.15, -0.1) is 0 Å². The molecular formula is C17H23N3O. The van der Waals surface area contributed by atoms with Crippen LogP contribution in [0.15, 0.2) is 24.3 Å². The zero-order valence-electron chi connectivity index (χ0n) is 12.6. The monoisotopic (exact) mass is 285 g/mol. The molecule has 1 aromatic rings. The Morgan fingerprint density at radius 1 is 1.38 bits per heavy atom. The van der Waals surface area contributed by atoms with Crippen LogP contribution in [0.2, 0.25) is 0 Å². The molecule has 1 aromatic carbocycles. The smallest absolute Gasteiger partial charge is 0.224 e. The summed E-state index contributed by atoms with van der Waals surface area (Å²) in [4.78, 5) is 14.3. The number of amides is 1. The van der Waals surface area contributed by atoms with Gasteiger partial charge in [0.15, 0.2) is 0 Å². The highest BCUT2D eigenvalue weighted by Gasteiger charge is 2.33. The van der Waals surface area contributed by atoms with Crippen molar-refractivity contribution in [3.8, 4) is 6.07 Å². The van der Waals surface area contributed by atoms with Crippen LogP contribution in [-0.2, 0) is 11.3 Å². The molecule has 0 saturated heterocycles. The third-order valence-electron chi connectivity index (χ3n) is 4.34. The summed E-state index contributed by atoms with van der Waals surface area (Å²) >= 11 is 0. The predicted molar refractivity (Wildman–Crippen MR) is 82.3 cm³/mol. The number of hydrogen-bond acceptors (Lipinski definition) is 3. The van der Waals surface area contributed by atoms with Gasteiger partial charge < -0.3 is 10.6 Å². The Morgan fingerprint density at radius 3 is 2.67 bits per heavy atom. The van der Waals surface area contributed by atoms with Crippen molar-refractivity contribution in [2.45, 2.75) is 51.1 Å². The molecule has 0 spiro atoms. The van der Waals surface area contributed by atoms with Gasteiger partial charge in [0.1, 0.15) is 0 Å². The lowest BCUT2D eigenvalue weighted by molar-refractivity contribution is -0.132. The van der Waals surface area contributed by atoms with Crippen LogP contribution in [0.4, 0.5) is 0 Å². The molecule has 112 valence electrons. The van der Waals surface area contributed by atoms with Crippen LogP contribution in [0.5, 0.6) is 0 Å². The van der Waals surface area contributed by atoms with Gasteiger partial charge in [-0.3, -0.25) is 4.79 Å². The van der Waals surface area contributed by atoms with Crippen molar-refractivity contribution in [2.24, 2.45) is 5.73 Å². The van der Waals surface area contributed by atoms with Gasteiger partial charge >= 0.3 is 0 Å². The molecule has 1 aliphatic rings. The van der Waals surface area contributed by atoms with Crippen LogP contribution in [-0.4, -0.2) is 22.9 Å². The number of carbonyl (C=O) groups excluding carboxylic acids is 1. The molecule has 0 atom stereocenters. The minimum absolute atomic E-state index is 0.0923. The number of benzene rings is 1. The molecule has 2 N–H and O–H groups in total. The van der Waals surface area contributed by atoms with E-state index in [4.69, 9.17) is 11.0 Å². The van der Waals surface area contributed by atoms with E-state index in [1.165, 1.54) is 0 Å². The molecule has 1 fully saturated rings. The molecule has 4 nitrogen and oxygen atoms in total. The van der Waals surface area contributed by atoms with Gasteiger partial charge in [0.25, 0.3) is 0 Å². The molecule has 1 amide bonds. The molecule has 21 heavy (non-hydrogen) atoms. The SMILES string of the molecule is CCN(Cc1ccccc1C#N)C(=O)CC1(N)CCCC1. The Balaban J connectivity index is 2.05. The lowest BCUT2D eigenvalue weighted by atomic mass is 9.94. The van der Waals surface area contributed by atoms with Crippen LogP contribution in [0.3, 0.4) is 0 Å². The van der Waals surface area contributed by atoms with Crippen LogP contribution < -0.4 is 5.73 Å². The van der Waals surface area contributed by atoms with Gasteiger partial charge in [-0.25, -0.2) is 0 Å². The topological polar surface area (TPSA) is 70.1 Å². The zero-order chi connectivity index (χ0) is 15.3. The van der Waals surface area contributed by atoms with Gasteiger partial charge in [0.05, 0.1) is 11.6 Å². The second-order valence-corrected chi connectivity index (χ2v) is 5.92. The zero-order valence-corrected chi connectivity index (χ0v) is 12.6. The van der Waals surface area contributed by atoms with Crippen molar-refractivity contribution in [3.05, 3.63) is 35.4 Å². The minimum Gasteiger partial charge on any atom is -0.339 e. The van der Waals surface area contributed by atoms with Gasteiger partial charge in [0, 0.05) is 25.0 Å². The average molecular weight is 285 g/mol. The molecule has 0 unspecified atom stereocenters. The van der Waals surface area contributed by atoms with Crippen molar-refractivity contribution in [1.82, 2.24) is 4.90 Å². The highest BCUT2D eigenvalue weighted by molar-refractivity contribution is 5.77. The van der Waals surface area contributed by atoms with E-state index < -0.39 is 0 Å². The fourth-order valence-corrected chi connectivity index (χ4v) is 3.02. The van der Waals surface area contributed by atoms with Crippen LogP contribution in [0.25, 0.3) is 0 Å². The fraction of sp³-hybridized carbons (Fsp3) is 0.529. The Morgan fingerprint density at radius 2 is 2.05 bits per heavy atom. The maximum Gasteiger partial charge on any atom is 0.224 e. The van der Waals surface area contributed by atoms with E-state index >= 15 is 0 Å². The van der Waals surface area contributed by atoms with Gasteiger partial charge in [-0.1, -0.05) is 31.0 Å². The number of rotatable bonds is 5. The quantitative estimate of drug-likeness (QED) is 0.904. The van der Waals surface area contributed by atoms with Crippen molar-refractivity contribution in [3.63, 3.8) is 0 Å². The Bertz CT molecular complexity index is 541. The summed E-state index contributed by atoms with van der Waals surface area (Å²) in [6.07, 6.45) is 4.52. The molecule has 0 bridgehead atoms. The first-order valence-electron chi connectivity index (χ1n) is 7.62. The van der Waals surface area contributed by atoms with Crippen molar-refractivity contribution in [2.75, 3.05) is 6.54 Å². The van der Waals surface area contributed by atoms with Gasteiger partial charge in [-0.2, -0.15) is 5.26 Å². The van der Waals surface area contributed by atoms with E-state index in [0.29, 0.717) is 25.1 Å². The van der Waals surface area contributed by atoms with E-state index in [1.54, 1.807) is 11.0 Å². The Hall–Kier alpha value is -1.86. The summed E-state index contributed by atoms with van der Waals surface area (Å²) in [7, 11) is 0. The van der Waals surface area contributed by atoms with Crippen LogP contribution >= 0.6 is 0 Å². The lowest BCUT2D eigenvalue weighted by Gasteiger charge is -2.28. The highest BCUT2D eigenvalue weighted by atomic mass is 16.2. The van der Waals surface area contributed by atoms with Crippen LogP contribution in [0, 0.1) is 11.3 Å². The predicted octanol–water partition coefficient (Wildman–Crippen LogP) is 2.57. The first-order chi connectivity index (χ1) is 10.1. The second-order valence-electron chi connectivity index (χ2n) is 5.92. The molecule has 0 heterocycles. The van der Waals surface area contributed by atoms with Crippen molar-refractivity contribution < 1.29 is 4.79 Å². The number of carbonyl (C=O) groups is 1. The summed E-state index contributed by atoms with van der Waals surface area (Å²) < 4.78 is 0. The van der Waals surface area contributed by atoms with E-state index in [-0.39, 0.29) is 11.4 Å². The third-order valence-corrected chi connectivity index (χ3v) is 4.34. The normalized spacial score (nSPS) is 16.4. The minimum atomic E-state index is -0.320. The number of nitriles is 1. The van der Waals surface area contributed by atoms with E-state index in [9.17, 15) is 4.79 Å². The van der Waals surface area contributed by atoms with E-state index in [0.717, 1.165) is 31.2 Å². The summed E-state index contributed by atoms with van der Waals surface area (Å²) in [5.74, 6) is 0.0923. The van der Waals surface area contributed by atoms with Gasteiger partial charge in [-0.05, 0) is 31.4 Å². The Labute approximate surface area is 126 Å². The number of nitrogens with two attached hydrogens (primary N) is 1. The summed E-state index contributed by atoms with van der Waals surface area (Å²) in [5.41, 5.74) is 7.51. The van der Waals surface area contributed by atoms with Crippen molar-refractivity contribution in [1.29, 1.82) is 5.26 Å². The van der Waals surface area contributed by atoms with E-state index in [2.05, 4.69) is 6.07 Å². The molecule has 0 aromatic heterocycles. The maximum absolute atomic E-state index is 12.5. The second kappa shape index (κ2) is 6.73. The molecule has 1 aliphatic carbocycles. The van der Waals surface area contributed by atoms with Crippen molar-refractivity contribution >= 4 is 5.91 Å². The standard InChI is InChI=1S/C17H23N3O/c1-2-20(13-15-8-4-3-7-14(15)12-18)16(21)11-17(19)9-5-6-10-17/h3-4,7-8H,2,5-6,9-11,13,19H2,1H3. The molecule has 4 heteroatoms. The van der Waals surface area contributed by atoms with Crippen LogP contribution in [0.1, 0.15) is 50.2 Å². The number of nitrogens with zero attached hydrogens (tertiary/aromatic N) is 2. The first kappa shape index (κ1) is 15.5. The summed E-state index contributed by atoms with van der Waals surface area (Å²) in [5, 5.41) is 9.14. The molecule has 0 aliphatic heterocycles. The van der Waals surface area contributed by atoms with Gasteiger partial charge in [0.2, 0.25) is 5.91 Å². The van der Waals surface area contributed by atoms with E-state index in [1.807, 2.05) is 25.1 Å². The molecule has 2 rings (SSSR count). The average Bonchev–Trinajstić information content (AvgIpc) is 2.91. The molecule has 1 saturated carbocycles. The first-order valence-corrected chi connectivity index (χ1v) is 7.62. The number of hydrogen-bond donors (Lipinski definition) is 1.